The first-order chi connectivity index (χ1) is 11.2. The van der Waals surface area contributed by atoms with E-state index in [2.05, 4.69) is 13.8 Å². The maximum absolute atomic E-state index is 12.3. The number of hydrogen-bond donors (Lipinski definition) is 0. The lowest BCUT2D eigenvalue weighted by atomic mass is 10.3. The van der Waals surface area contributed by atoms with E-state index in [0.29, 0.717) is 24.3 Å². The Kier molecular flexibility index (Phi) is 7.02. The molecule has 0 amide bonds. The van der Waals surface area contributed by atoms with Crippen LogP contribution in [0.5, 0.6) is 17.2 Å². The van der Waals surface area contributed by atoms with Crippen molar-refractivity contribution in [1.29, 1.82) is 0 Å². The standard InChI is InChI=1S/C18H23O4P/c1-3-13-20-15-5-7-17(8-6-15)22-23(19)18-11-9-16(10-12-18)21-14-4-2/h5-12,23H,3-4,13-14H2,1-2H3. The Morgan fingerprint density at radius 2 is 1.17 bits per heavy atom. The zero-order valence-electron chi connectivity index (χ0n) is 13.6. The lowest BCUT2D eigenvalue weighted by Crippen LogP contribution is -2.01. The fourth-order valence-electron chi connectivity index (χ4n) is 1.90. The Balaban J connectivity index is 1.93. The van der Waals surface area contributed by atoms with Gasteiger partial charge >= 0.3 is 0 Å². The van der Waals surface area contributed by atoms with Crippen molar-refractivity contribution in [2.45, 2.75) is 26.7 Å². The van der Waals surface area contributed by atoms with Crippen molar-refractivity contribution in [1.82, 2.24) is 0 Å². The molecule has 124 valence electrons. The molecule has 5 heteroatoms. The van der Waals surface area contributed by atoms with Crippen LogP contribution < -0.4 is 19.3 Å². The minimum Gasteiger partial charge on any atom is -0.494 e. The molecule has 2 aromatic carbocycles. The predicted octanol–water partition coefficient (Wildman–Crippen LogP) is 4.44. The fraction of sp³-hybridized carbons (Fsp3) is 0.333. The molecule has 1 unspecified atom stereocenters. The minimum atomic E-state index is -2.33. The highest BCUT2D eigenvalue weighted by Gasteiger charge is 2.06. The Hall–Kier alpha value is -1.93. The highest BCUT2D eigenvalue weighted by molar-refractivity contribution is 7.48. The van der Waals surface area contributed by atoms with Crippen molar-refractivity contribution in [3.05, 3.63) is 48.5 Å². The van der Waals surface area contributed by atoms with Gasteiger partial charge in [0, 0.05) is 5.30 Å². The van der Waals surface area contributed by atoms with E-state index in [-0.39, 0.29) is 0 Å². The van der Waals surface area contributed by atoms with Gasteiger partial charge in [-0.15, -0.1) is 0 Å². The molecule has 0 N–H and O–H groups in total. The highest BCUT2D eigenvalue weighted by Crippen LogP contribution is 2.28. The molecule has 0 aliphatic rings. The van der Waals surface area contributed by atoms with E-state index < -0.39 is 8.03 Å². The third-order valence-corrected chi connectivity index (χ3v) is 4.30. The molecule has 2 rings (SSSR count). The first-order valence-electron chi connectivity index (χ1n) is 7.90. The van der Waals surface area contributed by atoms with Gasteiger partial charge in [0.05, 0.1) is 13.2 Å². The second-order valence-electron chi connectivity index (χ2n) is 5.08. The first kappa shape index (κ1) is 17.4. The number of benzene rings is 2. The second kappa shape index (κ2) is 9.26. The second-order valence-corrected chi connectivity index (χ2v) is 6.44. The van der Waals surface area contributed by atoms with Crippen LogP contribution in [0.15, 0.2) is 48.5 Å². The van der Waals surface area contributed by atoms with Gasteiger partial charge in [0.25, 0.3) is 8.03 Å². The molecule has 0 heterocycles. The first-order valence-corrected chi connectivity index (χ1v) is 9.22. The molecule has 0 aliphatic carbocycles. The van der Waals surface area contributed by atoms with Crippen molar-refractivity contribution in [2.24, 2.45) is 0 Å². The number of ether oxygens (including phenoxy) is 2. The molecular weight excluding hydrogens is 311 g/mol. The molecular formula is C18H23O4P. The van der Waals surface area contributed by atoms with Crippen LogP contribution >= 0.6 is 8.03 Å². The maximum Gasteiger partial charge on any atom is 0.265 e. The van der Waals surface area contributed by atoms with Gasteiger partial charge < -0.3 is 14.0 Å². The van der Waals surface area contributed by atoms with Crippen molar-refractivity contribution in [2.75, 3.05) is 13.2 Å². The third kappa shape index (κ3) is 5.65. The summed E-state index contributed by atoms with van der Waals surface area (Å²) in [7, 11) is -2.33. The van der Waals surface area contributed by atoms with Crippen molar-refractivity contribution < 1.29 is 18.6 Å². The van der Waals surface area contributed by atoms with Gasteiger partial charge in [-0.25, -0.2) is 0 Å². The third-order valence-electron chi connectivity index (χ3n) is 3.07. The smallest absolute Gasteiger partial charge is 0.265 e. The van der Waals surface area contributed by atoms with Gasteiger partial charge in [-0.2, -0.15) is 0 Å². The molecule has 0 aromatic heterocycles. The van der Waals surface area contributed by atoms with Crippen molar-refractivity contribution >= 4 is 13.3 Å². The van der Waals surface area contributed by atoms with Gasteiger partial charge in [0.1, 0.15) is 17.2 Å². The van der Waals surface area contributed by atoms with Crippen LogP contribution in [-0.4, -0.2) is 13.2 Å². The van der Waals surface area contributed by atoms with E-state index in [1.807, 2.05) is 24.3 Å². The molecule has 0 radical (unpaired) electrons. The Morgan fingerprint density at radius 3 is 1.65 bits per heavy atom. The number of rotatable bonds is 9. The zero-order chi connectivity index (χ0) is 16.5. The van der Waals surface area contributed by atoms with Gasteiger partial charge in [-0.05, 0) is 61.4 Å². The summed E-state index contributed by atoms with van der Waals surface area (Å²) < 4.78 is 28.8. The van der Waals surface area contributed by atoms with Crippen LogP contribution in [0.3, 0.4) is 0 Å². The summed E-state index contributed by atoms with van der Waals surface area (Å²) in [6.07, 6.45) is 1.92. The minimum absolute atomic E-state index is 0.573. The van der Waals surface area contributed by atoms with E-state index >= 15 is 0 Å². The Morgan fingerprint density at radius 1 is 0.739 bits per heavy atom. The van der Waals surface area contributed by atoms with Crippen LogP contribution in [0.4, 0.5) is 0 Å². The zero-order valence-corrected chi connectivity index (χ0v) is 14.6. The lowest BCUT2D eigenvalue weighted by Gasteiger charge is -2.09. The van der Waals surface area contributed by atoms with Crippen LogP contribution in [0.25, 0.3) is 0 Å². The maximum atomic E-state index is 12.3. The Bertz CT molecular complexity index is 608. The van der Waals surface area contributed by atoms with E-state index in [4.69, 9.17) is 14.0 Å². The van der Waals surface area contributed by atoms with Crippen LogP contribution in [0.2, 0.25) is 0 Å². The summed E-state index contributed by atoms with van der Waals surface area (Å²) in [5.74, 6) is 2.14. The van der Waals surface area contributed by atoms with E-state index in [1.165, 1.54) is 0 Å². The van der Waals surface area contributed by atoms with Gasteiger partial charge in [-0.1, -0.05) is 13.8 Å². The summed E-state index contributed by atoms with van der Waals surface area (Å²) >= 11 is 0. The molecule has 0 spiro atoms. The highest BCUT2D eigenvalue weighted by atomic mass is 31.1. The summed E-state index contributed by atoms with van der Waals surface area (Å²) in [6.45, 7) is 5.47. The quantitative estimate of drug-likeness (QED) is 0.636. The Labute approximate surface area is 138 Å². The molecule has 0 aliphatic heterocycles. The normalized spacial score (nSPS) is 11.7. The largest absolute Gasteiger partial charge is 0.494 e. The van der Waals surface area contributed by atoms with Gasteiger partial charge in [-0.3, -0.25) is 4.57 Å². The molecule has 0 fully saturated rings. The average Bonchev–Trinajstić information content (AvgIpc) is 2.59. The predicted molar refractivity (Wildman–Crippen MR) is 93.7 cm³/mol. The summed E-state index contributed by atoms with van der Waals surface area (Å²) in [4.78, 5) is 0. The summed E-state index contributed by atoms with van der Waals surface area (Å²) in [5.41, 5.74) is 0. The van der Waals surface area contributed by atoms with E-state index in [9.17, 15) is 4.57 Å². The summed E-state index contributed by atoms with van der Waals surface area (Å²) in [6, 6.07) is 14.4. The van der Waals surface area contributed by atoms with Crippen LogP contribution in [-0.2, 0) is 4.57 Å². The number of hydrogen-bond acceptors (Lipinski definition) is 4. The molecule has 2 aromatic rings. The van der Waals surface area contributed by atoms with Crippen molar-refractivity contribution in [3.63, 3.8) is 0 Å². The molecule has 1 atom stereocenters. The van der Waals surface area contributed by atoms with E-state index in [0.717, 1.165) is 24.3 Å². The lowest BCUT2D eigenvalue weighted by molar-refractivity contribution is 0.317. The van der Waals surface area contributed by atoms with Crippen molar-refractivity contribution in [3.8, 4) is 17.2 Å². The topological polar surface area (TPSA) is 44.8 Å². The van der Waals surface area contributed by atoms with Gasteiger partial charge in [0.2, 0.25) is 0 Å². The monoisotopic (exact) mass is 334 g/mol. The SMILES string of the molecule is CCCOc1ccc(O[PH](=O)c2ccc(OCCC)cc2)cc1. The van der Waals surface area contributed by atoms with Gasteiger partial charge in [0.15, 0.2) is 0 Å². The molecule has 4 nitrogen and oxygen atoms in total. The van der Waals surface area contributed by atoms with E-state index in [1.54, 1.807) is 24.3 Å². The van der Waals surface area contributed by atoms with Crippen LogP contribution in [0, 0.1) is 0 Å². The fourth-order valence-corrected chi connectivity index (χ4v) is 2.80. The average molecular weight is 334 g/mol. The molecule has 0 bridgehead atoms. The molecule has 0 saturated carbocycles. The van der Waals surface area contributed by atoms with Crippen LogP contribution in [0.1, 0.15) is 26.7 Å². The molecule has 23 heavy (non-hydrogen) atoms. The summed E-state index contributed by atoms with van der Waals surface area (Å²) in [5, 5.41) is 0.671. The molecule has 0 saturated heterocycles.